The Morgan fingerprint density at radius 3 is 2.84 bits per heavy atom. The molecule has 0 saturated carbocycles. The Balaban J connectivity index is 2.22. The molecule has 0 radical (unpaired) electrons. The maximum atomic E-state index is 13.4. The minimum absolute atomic E-state index is 0.272. The molecule has 3 rings (SSSR count). The van der Waals surface area contributed by atoms with E-state index in [1.165, 1.54) is 12.1 Å². The van der Waals surface area contributed by atoms with Gasteiger partial charge in [-0.25, -0.2) is 4.39 Å². The minimum atomic E-state index is -0.313. The maximum absolute atomic E-state index is 13.4. The summed E-state index contributed by atoms with van der Waals surface area (Å²) in [4.78, 5) is 0.962. The van der Waals surface area contributed by atoms with Gasteiger partial charge in [0.2, 0.25) is 0 Å². The molecular formula is C14H11FN2OS. The third-order valence-corrected chi connectivity index (χ3v) is 3.92. The van der Waals surface area contributed by atoms with Crippen molar-refractivity contribution < 1.29 is 8.91 Å². The van der Waals surface area contributed by atoms with Gasteiger partial charge in [-0.1, -0.05) is 17.3 Å². The molecule has 0 fully saturated rings. The predicted molar refractivity (Wildman–Crippen MR) is 74.4 cm³/mol. The van der Waals surface area contributed by atoms with Crippen LogP contribution in [-0.2, 0) is 0 Å². The number of nitrogens with two attached hydrogens (primary N) is 1. The molecule has 0 aliphatic heterocycles. The highest BCUT2D eigenvalue weighted by molar-refractivity contribution is 7.13. The van der Waals surface area contributed by atoms with Gasteiger partial charge in [0.05, 0.1) is 10.4 Å². The van der Waals surface area contributed by atoms with Crippen LogP contribution >= 0.6 is 11.3 Å². The normalized spacial score (nSPS) is 10.8. The van der Waals surface area contributed by atoms with Crippen LogP contribution in [-0.4, -0.2) is 5.16 Å². The van der Waals surface area contributed by atoms with Gasteiger partial charge < -0.3 is 10.3 Å². The lowest BCUT2D eigenvalue weighted by molar-refractivity contribution is 0.437. The predicted octanol–water partition coefficient (Wildman–Crippen LogP) is 4.10. The highest BCUT2D eigenvalue weighted by atomic mass is 32.1. The second kappa shape index (κ2) is 4.51. The zero-order valence-corrected chi connectivity index (χ0v) is 11.0. The quantitative estimate of drug-likeness (QED) is 0.765. The Morgan fingerprint density at radius 2 is 2.16 bits per heavy atom. The van der Waals surface area contributed by atoms with Crippen LogP contribution in [0.3, 0.4) is 0 Å². The summed E-state index contributed by atoms with van der Waals surface area (Å²) in [5.74, 6) is 0.552. The lowest BCUT2D eigenvalue weighted by Crippen LogP contribution is -1.89. The molecule has 0 bridgehead atoms. The lowest BCUT2D eigenvalue weighted by Gasteiger charge is -2.02. The molecule has 0 spiro atoms. The molecule has 0 amide bonds. The third-order valence-electron chi connectivity index (χ3n) is 2.90. The largest absolute Gasteiger partial charge is 0.380 e. The molecule has 5 heteroatoms. The Kier molecular flexibility index (Phi) is 2.83. The number of halogens is 1. The molecule has 19 heavy (non-hydrogen) atoms. The van der Waals surface area contributed by atoms with Crippen molar-refractivity contribution in [1.29, 1.82) is 0 Å². The van der Waals surface area contributed by atoms with Crippen LogP contribution in [0.1, 0.15) is 5.56 Å². The average Bonchev–Trinajstić information content (AvgIpc) is 2.95. The molecular weight excluding hydrogens is 263 g/mol. The highest BCUT2D eigenvalue weighted by Crippen LogP contribution is 2.40. The van der Waals surface area contributed by atoms with Crippen molar-refractivity contribution in [1.82, 2.24) is 5.16 Å². The number of thiophene rings is 1. The van der Waals surface area contributed by atoms with Gasteiger partial charge in [0, 0.05) is 0 Å². The monoisotopic (exact) mass is 274 g/mol. The summed E-state index contributed by atoms with van der Waals surface area (Å²) >= 11 is 1.55. The molecule has 96 valence electrons. The van der Waals surface area contributed by atoms with Gasteiger partial charge in [-0.05, 0) is 41.6 Å². The summed E-state index contributed by atoms with van der Waals surface area (Å²) in [6.07, 6.45) is 0. The van der Waals surface area contributed by atoms with E-state index in [1.807, 2.05) is 18.4 Å². The van der Waals surface area contributed by atoms with Crippen molar-refractivity contribution in [3.05, 3.63) is 47.1 Å². The second-order valence-electron chi connectivity index (χ2n) is 4.22. The number of anilines is 1. The van der Waals surface area contributed by atoms with Crippen LogP contribution in [0.2, 0.25) is 0 Å². The Hall–Kier alpha value is -2.14. The first-order valence-electron chi connectivity index (χ1n) is 5.72. The van der Waals surface area contributed by atoms with Crippen molar-refractivity contribution in [3.63, 3.8) is 0 Å². The average molecular weight is 274 g/mol. The zero-order chi connectivity index (χ0) is 13.4. The Morgan fingerprint density at radius 1 is 1.32 bits per heavy atom. The van der Waals surface area contributed by atoms with E-state index in [0.29, 0.717) is 16.9 Å². The maximum Gasteiger partial charge on any atom is 0.187 e. The zero-order valence-electron chi connectivity index (χ0n) is 10.2. The molecule has 2 aromatic heterocycles. The number of nitrogen functional groups attached to an aromatic ring is 1. The molecule has 2 N–H and O–H groups in total. The van der Waals surface area contributed by atoms with Crippen LogP contribution in [0.25, 0.3) is 21.8 Å². The molecule has 0 aliphatic carbocycles. The van der Waals surface area contributed by atoms with Gasteiger partial charge >= 0.3 is 0 Å². The van der Waals surface area contributed by atoms with Gasteiger partial charge in [-0.2, -0.15) is 0 Å². The van der Waals surface area contributed by atoms with Gasteiger partial charge in [-0.3, -0.25) is 0 Å². The van der Waals surface area contributed by atoms with E-state index in [1.54, 1.807) is 23.5 Å². The molecule has 0 unspecified atom stereocenters. The molecule has 3 nitrogen and oxygen atoms in total. The van der Waals surface area contributed by atoms with Crippen LogP contribution < -0.4 is 5.73 Å². The fourth-order valence-corrected chi connectivity index (χ4v) is 2.89. The minimum Gasteiger partial charge on any atom is -0.380 e. The smallest absolute Gasteiger partial charge is 0.187 e. The van der Waals surface area contributed by atoms with Crippen molar-refractivity contribution in [2.75, 3.05) is 5.73 Å². The van der Waals surface area contributed by atoms with E-state index >= 15 is 0 Å². The molecule has 3 aromatic rings. The van der Waals surface area contributed by atoms with E-state index in [2.05, 4.69) is 5.16 Å². The number of hydrogen-bond acceptors (Lipinski definition) is 4. The topological polar surface area (TPSA) is 52.0 Å². The summed E-state index contributed by atoms with van der Waals surface area (Å²) in [7, 11) is 0. The Bertz CT molecular complexity index is 733. The number of benzene rings is 1. The molecule has 2 heterocycles. The first-order valence-corrected chi connectivity index (χ1v) is 6.60. The number of aromatic nitrogens is 1. The van der Waals surface area contributed by atoms with Crippen molar-refractivity contribution in [3.8, 4) is 21.8 Å². The molecule has 1 aromatic carbocycles. The van der Waals surface area contributed by atoms with Crippen LogP contribution in [0.4, 0.5) is 10.2 Å². The first kappa shape index (κ1) is 11.9. The number of aryl methyl sites for hydroxylation is 1. The van der Waals surface area contributed by atoms with Gasteiger partial charge in [0.15, 0.2) is 11.6 Å². The molecule has 0 saturated heterocycles. The molecule has 0 aliphatic rings. The van der Waals surface area contributed by atoms with Crippen LogP contribution in [0.15, 0.2) is 40.2 Å². The SMILES string of the molecule is Cc1ccsc1-c1onc(N)c1-c1cccc(F)c1. The van der Waals surface area contributed by atoms with E-state index in [-0.39, 0.29) is 11.6 Å². The summed E-state index contributed by atoms with van der Waals surface area (Å²) in [5, 5.41) is 5.78. The number of nitrogens with zero attached hydrogens (tertiary/aromatic N) is 1. The number of hydrogen-bond donors (Lipinski definition) is 1. The standard InChI is InChI=1S/C14H11FN2OS/c1-8-5-6-19-13(8)12-11(14(16)17-18-12)9-3-2-4-10(15)7-9/h2-7H,1H3,(H2,16,17). The van der Waals surface area contributed by atoms with E-state index in [0.717, 1.165) is 10.4 Å². The first-order chi connectivity index (χ1) is 9.16. The van der Waals surface area contributed by atoms with E-state index in [4.69, 9.17) is 10.3 Å². The van der Waals surface area contributed by atoms with Gasteiger partial charge in [0.25, 0.3) is 0 Å². The van der Waals surface area contributed by atoms with Crippen molar-refractivity contribution in [2.45, 2.75) is 6.92 Å². The number of rotatable bonds is 2. The molecule has 0 atom stereocenters. The summed E-state index contributed by atoms with van der Waals surface area (Å²) in [5.41, 5.74) is 8.25. The fraction of sp³-hybridized carbons (Fsp3) is 0.0714. The fourth-order valence-electron chi connectivity index (χ4n) is 1.99. The van der Waals surface area contributed by atoms with Gasteiger partial charge in [-0.15, -0.1) is 11.3 Å². The van der Waals surface area contributed by atoms with E-state index in [9.17, 15) is 4.39 Å². The van der Waals surface area contributed by atoms with Crippen molar-refractivity contribution >= 4 is 17.2 Å². The third kappa shape index (κ3) is 2.02. The van der Waals surface area contributed by atoms with E-state index < -0.39 is 0 Å². The second-order valence-corrected chi connectivity index (χ2v) is 5.13. The lowest BCUT2D eigenvalue weighted by atomic mass is 10.0. The summed E-state index contributed by atoms with van der Waals surface area (Å²) in [6.45, 7) is 1.99. The van der Waals surface area contributed by atoms with Crippen molar-refractivity contribution in [2.24, 2.45) is 0 Å². The summed E-state index contributed by atoms with van der Waals surface area (Å²) in [6, 6.07) is 8.24. The Labute approximate surface area is 113 Å². The van der Waals surface area contributed by atoms with Gasteiger partial charge in [0.1, 0.15) is 5.82 Å². The summed E-state index contributed by atoms with van der Waals surface area (Å²) < 4.78 is 18.7. The highest BCUT2D eigenvalue weighted by Gasteiger charge is 2.20. The van der Waals surface area contributed by atoms with Crippen LogP contribution in [0.5, 0.6) is 0 Å². The van der Waals surface area contributed by atoms with Crippen LogP contribution in [0, 0.1) is 12.7 Å².